The molecule has 0 amide bonds. The minimum absolute atomic E-state index is 0.0572. The van der Waals surface area contributed by atoms with Crippen molar-refractivity contribution in [3.05, 3.63) is 59.3 Å². The molecular formula is C16H8F3N3O. The largest absolute Gasteiger partial charge is 0.439 e. The summed E-state index contributed by atoms with van der Waals surface area (Å²) >= 11 is 0. The number of aromatic nitrogens is 1. The van der Waals surface area contributed by atoms with Gasteiger partial charge in [0.25, 0.3) is 0 Å². The van der Waals surface area contributed by atoms with Gasteiger partial charge in [-0.3, -0.25) is 0 Å². The molecule has 0 atom stereocenters. The molecule has 7 heteroatoms. The van der Waals surface area contributed by atoms with Crippen molar-refractivity contribution in [3.63, 3.8) is 0 Å². The lowest BCUT2D eigenvalue weighted by atomic mass is 10.1. The van der Waals surface area contributed by atoms with Gasteiger partial charge < -0.3 is 4.74 Å². The van der Waals surface area contributed by atoms with Crippen LogP contribution in [0.3, 0.4) is 0 Å². The molecule has 0 fully saturated rings. The lowest BCUT2D eigenvalue weighted by Crippen LogP contribution is -2.07. The number of ether oxygens (including phenoxy) is 1. The van der Waals surface area contributed by atoms with Crippen molar-refractivity contribution in [2.45, 2.75) is 6.18 Å². The van der Waals surface area contributed by atoms with Gasteiger partial charge in [-0.1, -0.05) is 18.2 Å². The molecule has 114 valence electrons. The van der Waals surface area contributed by atoms with Gasteiger partial charge in [0.1, 0.15) is 29.2 Å². The molecule has 0 saturated carbocycles. The summed E-state index contributed by atoms with van der Waals surface area (Å²) in [5.74, 6) is 0.0993. The summed E-state index contributed by atoms with van der Waals surface area (Å²) < 4.78 is 43.0. The third-order valence-corrected chi connectivity index (χ3v) is 2.67. The van der Waals surface area contributed by atoms with Crippen LogP contribution in [-0.4, -0.2) is 4.98 Å². The first-order valence-electron chi connectivity index (χ1n) is 6.26. The van der Waals surface area contributed by atoms with E-state index in [-0.39, 0.29) is 17.2 Å². The van der Waals surface area contributed by atoms with E-state index in [0.717, 1.165) is 6.07 Å². The molecule has 0 aliphatic heterocycles. The standard InChI is InChI=1S/C16H8F3N3O/c17-16(18,19)14-2-1-3-15(22-14)23-13-6-4-11(5-7-13)8-12(9-20)10-21/h1-8H. The normalized spacial score (nSPS) is 10.3. The molecule has 2 aromatic rings. The predicted molar refractivity (Wildman–Crippen MR) is 75.0 cm³/mol. The third kappa shape index (κ3) is 4.32. The Morgan fingerprint density at radius 2 is 1.70 bits per heavy atom. The SMILES string of the molecule is N#CC(C#N)=Cc1ccc(Oc2cccc(C(F)(F)F)n2)cc1. The van der Waals surface area contributed by atoms with Crippen molar-refractivity contribution < 1.29 is 17.9 Å². The van der Waals surface area contributed by atoms with E-state index in [4.69, 9.17) is 15.3 Å². The molecule has 1 heterocycles. The summed E-state index contributed by atoms with van der Waals surface area (Å²) in [6, 6.07) is 13.0. The second-order valence-corrected chi connectivity index (χ2v) is 4.31. The molecule has 0 bridgehead atoms. The molecule has 0 saturated heterocycles. The number of halogens is 3. The number of pyridine rings is 1. The summed E-state index contributed by atoms with van der Waals surface area (Å²) in [5.41, 5.74) is -0.507. The maximum absolute atomic E-state index is 12.6. The van der Waals surface area contributed by atoms with E-state index in [1.807, 2.05) is 0 Å². The summed E-state index contributed by atoms with van der Waals surface area (Å²) in [6.07, 6.45) is -3.16. The van der Waals surface area contributed by atoms with Crippen LogP contribution in [0.5, 0.6) is 11.6 Å². The minimum atomic E-state index is -4.54. The summed E-state index contributed by atoms with van der Waals surface area (Å²) in [5, 5.41) is 17.3. The number of allylic oxidation sites excluding steroid dienone is 1. The summed E-state index contributed by atoms with van der Waals surface area (Å²) in [7, 11) is 0. The second-order valence-electron chi connectivity index (χ2n) is 4.31. The number of hydrogen-bond donors (Lipinski definition) is 0. The molecule has 23 heavy (non-hydrogen) atoms. The second kappa shape index (κ2) is 6.63. The first-order valence-corrected chi connectivity index (χ1v) is 6.26. The highest BCUT2D eigenvalue weighted by atomic mass is 19.4. The van der Waals surface area contributed by atoms with Crippen LogP contribution in [0.1, 0.15) is 11.3 Å². The van der Waals surface area contributed by atoms with Crippen molar-refractivity contribution in [1.29, 1.82) is 10.5 Å². The number of nitriles is 2. The highest BCUT2D eigenvalue weighted by molar-refractivity contribution is 5.62. The average Bonchev–Trinajstić information content (AvgIpc) is 2.53. The molecule has 0 aliphatic rings. The summed E-state index contributed by atoms with van der Waals surface area (Å²) in [4.78, 5) is 3.39. The molecule has 1 aromatic carbocycles. The zero-order valence-corrected chi connectivity index (χ0v) is 11.5. The van der Waals surface area contributed by atoms with Crippen molar-refractivity contribution in [2.75, 3.05) is 0 Å². The van der Waals surface area contributed by atoms with Crippen LogP contribution in [0, 0.1) is 22.7 Å². The summed E-state index contributed by atoms with van der Waals surface area (Å²) in [6.45, 7) is 0. The molecule has 0 unspecified atom stereocenters. The van der Waals surface area contributed by atoms with E-state index >= 15 is 0 Å². The topological polar surface area (TPSA) is 69.7 Å². The van der Waals surface area contributed by atoms with Gasteiger partial charge >= 0.3 is 6.18 Å². The van der Waals surface area contributed by atoms with Crippen LogP contribution >= 0.6 is 0 Å². The Labute approximate surface area is 129 Å². The van der Waals surface area contributed by atoms with Crippen LogP contribution in [0.15, 0.2) is 48.0 Å². The number of rotatable bonds is 3. The van der Waals surface area contributed by atoms with Gasteiger partial charge in [0.15, 0.2) is 0 Å². The molecule has 0 radical (unpaired) electrons. The number of benzene rings is 1. The monoisotopic (exact) mass is 315 g/mol. The Hall–Kier alpha value is -3.32. The van der Waals surface area contributed by atoms with Crippen LogP contribution < -0.4 is 4.74 Å². The zero-order chi connectivity index (χ0) is 16.9. The molecule has 0 N–H and O–H groups in total. The lowest BCUT2D eigenvalue weighted by molar-refractivity contribution is -0.141. The van der Waals surface area contributed by atoms with Gasteiger partial charge in [-0.25, -0.2) is 4.98 Å². The highest BCUT2D eigenvalue weighted by Crippen LogP contribution is 2.29. The van der Waals surface area contributed by atoms with Gasteiger partial charge in [-0.05, 0) is 29.8 Å². The average molecular weight is 315 g/mol. The third-order valence-electron chi connectivity index (χ3n) is 2.67. The Bertz CT molecular complexity index is 796. The first-order chi connectivity index (χ1) is 10.9. The Morgan fingerprint density at radius 3 is 2.26 bits per heavy atom. The minimum Gasteiger partial charge on any atom is -0.439 e. The smallest absolute Gasteiger partial charge is 0.433 e. The quantitative estimate of drug-likeness (QED) is 0.791. The van der Waals surface area contributed by atoms with Crippen molar-refractivity contribution in [1.82, 2.24) is 4.98 Å². The van der Waals surface area contributed by atoms with Crippen LogP contribution in [0.25, 0.3) is 6.08 Å². The van der Waals surface area contributed by atoms with E-state index in [1.165, 1.54) is 30.3 Å². The fourth-order valence-electron chi connectivity index (χ4n) is 1.64. The fourth-order valence-corrected chi connectivity index (χ4v) is 1.64. The van der Waals surface area contributed by atoms with Gasteiger partial charge in [-0.2, -0.15) is 23.7 Å². The van der Waals surface area contributed by atoms with Gasteiger partial charge in [0, 0.05) is 6.07 Å². The van der Waals surface area contributed by atoms with Crippen LogP contribution in [-0.2, 0) is 6.18 Å². The van der Waals surface area contributed by atoms with E-state index in [2.05, 4.69) is 4.98 Å². The Balaban J connectivity index is 2.18. The lowest BCUT2D eigenvalue weighted by Gasteiger charge is -2.08. The molecule has 0 spiro atoms. The van der Waals surface area contributed by atoms with E-state index in [9.17, 15) is 13.2 Å². The fraction of sp³-hybridized carbons (Fsp3) is 0.0625. The molecule has 0 aliphatic carbocycles. The van der Waals surface area contributed by atoms with Gasteiger partial charge in [-0.15, -0.1) is 0 Å². The van der Waals surface area contributed by atoms with Crippen molar-refractivity contribution in [2.24, 2.45) is 0 Å². The highest BCUT2D eigenvalue weighted by Gasteiger charge is 2.32. The number of hydrogen-bond acceptors (Lipinski definition) is 4. The molecule has 2 rings (SSSR count). The van der Waals surface area contributed by atoms with Crippen molar-refractivity contribution in [3.8, 4) is 23.8 Å². The Morgan fingerprint density at radius 1 is 1.04 bits per heavy atom. The van der Waals surface area contributed by atoms with Crippen LogP contribution in [0.2, 0.25) is 0 Å². The number of alkyl halides is 3. The van der Waals surface area contributed by atoms with E-state index in [1.54, 1.807) is 24.3 Å². The zero-order valence-electron chi connectivity index (χ0n) is 11.5. The van der Waals surface area contributed by atoms with Gasteiger partial charge in [0.05, 0.1) is 0 Å². The predicted octanol–water partition coefficient (Wildman–Crippen LogP) is 4.32. The molecular weight excluding hydrogens is 307 g/mol. The maximum atomic E-state index is 12.6. The van der Waals surface area contributed by atoms with Gasteiger partial charge in [0.2, 0.25) is 5.88 Å². The van der Waals surface area contributed by atoms with Crippen LogP contribution in [0.4, 0.5) is 13.2 Å². The number of nitrogens with zero attached hydrogens (tertiary/aromatic N) is 3. The first kappa shape index (κ1) is 16.1. The van der Waals surface area contributed by atoms with Crippen molar-refractivity contribution >= 4 is 6.08 Å². The molecule has 4 nitrogen and oxygen atoms in total. The van der Waals surface area contributed by atoms with E-state index in [0.29, 0.717) is 5.56 Å². The molecule has 1 aromatic heterocycles. The Kier molecular flexibility index (Phi) is 4.63. The maximum Gasteiger partial charge on any atom is 0.433 e. The van der Waals surface area contributed by atoms with E-state index < -0.39 is 11.9 Å².